The summed E-state index contributed by atoms with van der Waals surface area (Å²) in [6.07, 6.45) is 5.16. The van der Waals surface area contributed by atoms with E-state index in [0.29, 0.717) is 6.54 Å². The second kappa shape index (κ2) is 10.8. The summed E-state index contributed by atoms with van der Waals surface area (Å²) < 4.78 is 13.0. The van der Waals surface area contributed by atoms with Crippen LogP contribution in [-0.4, -0.2) is 34.9 Å². The van der Waals surface area contributed by atoms with Crippen molar-refractivity contribution in [3.05, 3.63) is 69.5 Å². The number of pyridine rings is 1. The molecule has 2 N–H and O–H groups in total. The van der Waals surface area contributed by atoms with E-state index in [4.69, 9.17) is 11.6 Å². The summed E-state index contributed by atoms with van der Waals surface area (Å²) >= 11 is 7.44. The molecule has 2 amide bonds. The Morgan fingerprint density at radius 1 is 1.10 bits per heavy atom. The summed E-state index contributed by atoms with van der Waals surface area (Å²) in [5.41, 5.74) is 2.14. The van der Waals surface area contributed by atoms with Crippen molar-refractivity contribution in [1.82, 2.24) is 20.6 Å². The third-order valence-electron chi connectivity index (χ3n) is 4.23. The Labute approximate surface area is 182 Å². The Bertz CT molecular complexity index is 1010. The largest absolute Gasteiger partial charge is 0.356 e. The Morgan fingerprint density at radius 2 is 1.90 bits per heavy atom. The van der Waals surface area contributed by atoms with Gasteiger partial charge in [-0.15, -0.1) is 11.3 Å². The zero-order valence-electron chi connectivity index (χ0n) is 16.0. The maximum Gasteiger partial charge on any atom is 0.252 e. The van der Waals surface area contributed by atoms with Crippen LogP contribution in [0.2, 0.25) is 5.02 Å². The van der Waals surface area contributed by atoms with Crippen LogP contribution in [0, 0.1) is 5.82 Å². The highest BCUT2D eigenvalue weighted by molar-refractivity contribution is 7.09. The van der Waals surface area contributed by atoms with E-state index in [1.54, 1.807) is 23.7 Å². The SMILES string of the molecule is O=C(CCNC(=O)c1ccc(F)cc1Cl)NCCCc1nc(-c2ccncc2)cs1. The van der Waals surface area contributed by atoms with E-state index >= 15 is 0 Å². The Balaban J connectivity index is 1.32. The fraction of sp³-hybridized carbons (Fsp3) is 0.238. The fourth-order valence-electron chi connectivity index (χ4n) is 2.70. The molecule has 0 spiro atoms. The van der Waals surface area contributed by atoms with E-state index in [-0.39, 0.29) is 29.5 Å². The van der Waals surface area contributed by atoms with Gasteiger partial charge < -0.3 is 10.6 Å². The molecule has 0 aliphatic heterocycles. The Hall–Kier alpha value is -2.84. The monoisotopic (exact) mass is 446 g/mol. The van der Waals surface area contributed by atoms with Crippen molar-refractivity contribution >= 4 is 34.8 Å². The molecule has 0 unspecified atom stereocenters. The number of hydrogen-bond acceptors (Lipinski definition) is 5. The number of halogens is 2. The predicted octanol–water partition coefficient (Wildman–Crippen LogP) is 3.87. The van der Waals surface area contributed by atoms with Crippen molar-refractivity contribution < 1.29 is 14.0 Å². The van der Waals surface area contributed by atoms with Gasteiger partial charge in [0, 0.05) is 49.3 Å². The van der Waals surface area contributed by atoms with Crippen LogP contribution in [0.15, 0.2) is 48.1 Å². The van der Waals surface area contributed by atoms with Crippen LogP contribution in [0.4, 0.5) is 4.39 Å². The average Bonchev–Trinajstić information content (AvgIpc) is 3.21. The number of nitrogens with one attached hydrogen (secondary N) is 2. The van der Waals surface area contributed by atoms with E-state index in [1.807, 2.05) is 17.5 Å². The van der Waals surface area contributed by atoms with Gasteiger partial charge in [0.15, 0.2) is 0 Å². The minimum atomic E-state index is -0.512. The van der Waals surface area contributed by atoms with Crippen LogP contribution in [0.25, 0.3) is 11.3 Å². The summed E-state index contributed by atoms with van der Waals surface area (Å²) in [6, 6.07) is 7.39. The Kier molecular flexibility index (Phi) is 7.87. The van der Waals surface area contributed by atoms with Gasteiger partial charge in [-0.3, -0.25) is 14.6 Å². The van der Waals surface area contributed by atoms with Crippen LogP contribution in [0.5, 0.6) is 0 Å². The normalized spacial score (nSPS) is 10.6. The molecular weight excluding hydrogens is 427 g/mol. The standard InChI is InChI=1S/C21H20ClFN4O2S/c22-17-12-15(23)3-4-16(17)21(29)26-11-7-19(28)25-8-1-2-20-27-18(13-30-20)14-5-9-24-10-6-14/h3-6,9-10,12-13H,1-2,7-8,11H2,(H,25,28)(H,26,29). The quantitative estimate of drug-likeness (QED) is 0.489. The number of nitrogens with zero attached hydrogens (tertiary/aromatic N) is 2. The van der Waals surface area contributed by atoms with Crippen LogP contribution in [0.3, 0.4) is 0 Å². The number of thiazole rings is 1. The van der Waals surface area contributed by atoms with E-state index in [1.165, 1.54) is 6.07 Å². The van der Waals surface area contributed by atoms with Gasteiger partial charge in [0.05, 0.1) is 21.3 Å². The van der Waals surface area contributed by atoms with E-state index < -0.39 is 11.7 Å². The third kappa shape index (κ3) is 6.33. The lowest BCUT2D eigenvalue weighted by atomic mass is 10.2. The molecule has 0 aliphatic carbocycles. The third-order valence-corrected chi connectivity index (χ3v) is 5.45. The lowest BCUT2D eigenvalue weighted by Crippen LogP contribution is -2.31. The van der Waals surface area contributed by atoms with E-state index in [9.17, 15) is 14.0 Å². The fourth-order valence-corrected chi connectivity index (χ4v) is 3.80. The smallest absolute Gasteiger partial charge is 0.252 e. The minimum absolute atomic E-state index is 0.0335. The molecule has 0 radical (unpaired) electrons. The number of benzene rings is 1. The molecule has 156 valence electrons. The van der Waals surface area contributed by atoms with Crippen molar-refractivity contribution in [2.75, 3.05) is 13.1 Å². The molecule has 3 aromatic rings. The van der Waals surface area contributed by atoms with Gasteiger partial charge >= 0.3 is 0 Å². The summed E-state index contributed by atoms with van der Waals surface area (Å²) in [6.45, 7) is 0.695. The molecule has 6 nitrogen and oxygen atoms in total. The maximum atomic E-state index is 13.0. The van der Waals surface area contributed by atoms with Crippen LogP contribution >= 0.6 is 22.9 Å². The van der Waals surface area contributed by atoms with Crippen molar-refractivity contribution in [2.24, 2.45) is 0 Å². The van der Waals surface area contributed by atoms with Gasteiger partial charge in [0.25, 0.3) is 5.91 Å². The molecule has 9 heteroatoms. The van der Waals surface area contributed by atoms with Crippen LogP contribution < -0.4 is 10.6 Å². The molecular formula is C21H20ClFN4O2S. The number of rotatable bonds is 9. The molecule has 0 atom stereocenters. The van der Waals surface area contributed by atoms with Gasteiger partial charge in [-0.25, -0.2) is 9.37 Å². The van der Waals surface area contributed by atoms with E-state index in [2.05, 4.69) is 20.6 Å². The number of amides is 2. The molecule has 0 saturated carbocycles. The van der Waals surface area contributed by atoms with Crippen molar-refractivity contribution in [2.45, 2.75) is 19.3 Å². The zero-order chi connectivity index (χ0) is 21.3. The molecule has 0 saturated heterocycles. The summed E-state index contributed by atoms with van der Waals surface area (Å²) in [7, 11) is 0. The van der Waals surface area contributed by atoms with Crippen LogP contribution in [0.1, 0.15) is 28.2 Å². The average molecular weight is 447 g/mol. The molecule has 2 heterocycles. The molecule has 1 aromatic carbocycles. The van der Waals surface area contributed by atoms with Gasteiger partial charge in [0.2, 0.25) is 5.91 Å². The molecule has 0 bridgehead atoms. The van der Waals surface area contributed by atoms with Gasteiger partial charge in [-0.2, -0.15) is 0 Å². The second-order valence-corrected chi connectivity index (χ2v) is 7.80. The van der Waals surface area contributed by atoms with Gasteiger partial charge in [-0.05, 0) is 36.8 Å². The Morgan fingerprint density at radius 3 is 2.67 bits per heavy atom. The summed E-state index contributed by atoms with van der Waals surface area (Å²) in [4.78, 5) is 32.5. The summed E-state index contributed by atoms with van der Waals surface area (Å²) in [5.74, 6) is -1.11. The lowest BCUT2D eigenvalue weighted by Gasteiger charge is -2.07. The molecule has 2 aromatic heterocycles. The zero-order valence-corrected chi connectivity index (χ0v) is 17.6. The number of aromatic nitrogens is 2. The second-order valence-electron chi connectivity index (χ2n) is 6.45. The molecule has 0 aliphatic rings. The predicted molar refractivity (Wildman–Crippen MR) is 115 cm³/mol. The number of carbonyl (C=O) groups is 2. The van der Waals surface area contributed by atoms with Gasteiger partial charge in [0.1, 0.15) is 5.82 Å². The van der Waals surface area contributed by atoms with E-state index in [0.717, 1.165) is 41.2 Å². The number of aryl methyl sites for hydroxylation is 1. The minimum Gasteiger partial charge on any atom is -0.356 e. The first-order valence-corrected chi connectivity index (χ1v) is 10.6. The first-order chi connectivity index (χ1) is 14.5. The first-order valence-electron chi connectivity index (χ1n) is 9.37. The van der Waals surface area contributed by atoms with Crippen molar-refractivity contribution in [3.8, 4) is 11.3 Å². The number of carbonyl (C=O) groups excluding carboxylic acids is 2. The molecule has 3 rings (SSSR count). The van der Waals surface area contributed by atoms with Crippen LogP contribution in [-0.2, 0) is 11.2 Å². The highest BCUT2D eigenvalue weighted by Gasteiger charge is 2.11. The highest BCUT2D eigenvalue weighted by atomic mass is 35.5. The highest BCUT2D eigenvalue weighted by Crippen LogP contribution is 2.21. The maximum absolute atomic E-state index is 13.0. The molecule has 0 fully saturated rings. The van der Waals surface area contributed by atoms with Gasteiger partial charge in [-0.1, -0.05) is 11.6 Å². The van der Waals surface area contributed by atoms with Crippen molar-refractivity contribution in [3.63, 3.8) is 0 Å². The topological polar surface area (TPSA) is 84.0 Å². The molecule has 30 heavy (non-hydrogen) atoms. The summed E-state index contributed by atoms with van der Waals surface area (Å²) in [5, 5.41) is 8.49. The first kappa shape index (κ1) is 21.9. The van der Waals surface area contributed by atoms with Crippen molar-refractivity contribution in [1.29, 1.82) is 0 Å². The number of hydrogen-bond donors (Lipinski definition) is 2. The lowest BCUT2D eigenvalue weighted by molar-refractivity contribution is -0.120.